The summed E-state index contributed by atoms with van der Waals surface area (Å²) in [6.07, 6.45) is 1.03. The van der Waals surface area contributed by atoms with Crippen LogP contribution in [-0.2, 0) is 19.6 Å². The Labute approximate surface area is 129 Å². The SMILES string of the molecule is O=C(O)[C@H]1CCCN1C(=O)CCNS(=O)(=O)c1ccccc1. The molecule has 0 spiro atoms. The number of carbonyl (C=O) groups excluding carboxylic acids is 1. The molecule has 0 saturated carbocycles. The van der Waals surface area contributed by atoms with E-state index in [1.54, 1.807) is 18.2 Å². The molecule has 0 radical (unpaired) electrons. The summed E-state index contributed by atoms with van der Waals surface area (Å²) in [5, 5.41) is 9.03. The van der Waals surface area contributed by atoms with Gasteiger partial charge in [-0.3, -0.25) is 4.79 Å². The van der Waals surface area contributed by atoms with Gasteiger partial charge in [0, 0.05) is 19.5 Å². The average Bonchev–Trinajstić information content (AvgIpc) is 2.97. The number of aliphatic carboxylic acids is 1. The highest BCUT2D eigenvalue weighted by Gasteiger charge is 2.33. The molecule has 1 amide bonds. The molecule has 22 heavy (non-hydrogen) atoms. The molecule has 8 heteroatoms. The Hall–Kier alpha value is -1.93. The van der Waals surface area contributed by atoms with Gasteiger partial charge in [-0.2, -0.15) is 0 Å². The monoisotopic (exact) mass is 326 g/mol. The fourth-order valence-electron chi connectivity index (χ4n) is 2.44. The van der Waals surface area contributed by atoms with E-state index in [9.17, 15) is 18.0 Å². The maximum absolute atomic E-state index is 12.0. The average molecular weight is 326 g/mol. The summed E-state index contributed by atoms with van der Waals surface area (Å²) >= 11 is 0. The summed E-state index contributed by atoms with van der Waals surface area (Å²) in [5.74, 6) is -1.36. The molecule has 1 aromatic carbocycles. The number of hydrogen-bond acceptors (Lipinski definition) is 4. The minimum Gasteiger partial charge on any atom is -0.480 e. The second-order valence-electron chi connectivity index (χ2n) is 5.04. The van der Waals surface area contributed by atoms with Gasteiger partial charge in [0.1, 0.15) is 6.04 Å². The lowest BCUT2D eigenvalue weighted by Gasteiger charge is -2.21. The molecule has 0 bridgehead atoms. The molecule has 1 fully saturated rings. The topological polar surface area (TPSA) is 104 Å². The minimum absolute atomic E-state index is 0.0566. The fourth-order valence-corrected chi connectivity index (χ4v) is 3.49. The predicted octanol–water partition coefficient (Wildman–Crippen LogP) is 0.431. The molecule has 0 unspecified atom stereocenters. The highest BCUT2D eigenvalue weighted by atomic mass is 32.2. The summed E-state index contributed by atoms with van der Waals surface area (Å²) in [6, 6.07) is 7.07. The lowest BCUT2D eigenvalue weighted by atomic mass is 10.2. The van der Waals surface area contributed by atoms with Crippen molar-refractivity contribution < 1.29 is 23.1 Å². The molecule has 7 nitrogen and oxygen atoms in total. The van der Waals surface area contributed by atoms with E-state index < -0.39 is 22.0 Å². The van der Waals surface area contributed by atoms with Crippen molar-refractivity contribution in [2.75, 3.05) is 13.1 Å². The lowest BCUT2D eigenvalue weighted by molar-refractivity contribution is -0.148. The zero-order valence-electron chi connectivity index (χ0n) is 11.9. The lowest BCUT2D eigenvalue weighted by Crippen LogP contribution is -2.41. The van der Waals surface area contributed by atoms with Crippen LogP contribution in [0.5, 0.6) is 0 Å². The van der Waals surface area contributed by atoms with Gasteiger partial charge in [0.2, 0.25) is 15.9 Å². The predicted molar refractivity (Wildman–Crippen MR) is 78.6 cm³/mol. The van der Waals surface area contributed by atoms with Crippen LogP contribution >= 0.6 is 0 Å². The Bertz CT molecular complexity index is 644. The molecule has 120 valence electrons. The first-order valence-corrected chi connectivity index (χ1v) is 8.47. The first-order chi connectivity index (χ1) is 10.4. The van der Waals surface area contributed by atoms with Crippen molar-refractivity contribution in [1.29, 1.82) is 0 Å². The van der Waals surface area contributed by atoms with E-state index in [1.807, 2.05) is 0 Å². The van der Waals surface area contributed by atoms with Gasteiger partial charge in [0.25, 0.3) is 0 Å². The Kier molecular flexibility index (Phi) is 5.15. The number of rotatable bonds is 6. The van der Waals surface area contributed by atoms with Crippen LogP contribution in [0, 0.1) is 0 Å². The van der Waals surface area contributed by atoms with E-state index in [0.29, 0.717) is 19.4 Å². The number of sulfonamides is 1. The normalized spacial score (nSPS) is 18.4. The zero-order valence-corrected chi connectivity index (χ0v) is 12.8. The van der Waals surface area contributed by atoms with Crippen LogP contribution in [0.3, 0.4) is 0 Å². The van der Waals surface area contributed by atoms with Crippen LogP contribution in [-0.4, -0.2) is 49.4 Å². The third kappa shape index (κ3) is 3.83. The van der Waals surface area contributed by atoms with Crippen LogP contribution in [0.15, 0.2) is 35.2 Å². The Balaban J connectivity index is 1.88. The Morgan fingerprint density at radius 3 is 2.59 bits per heavy atom. The van der Waals surface area contributed by atoms with Crippen LogP contribution in [0.1, 0.15) is 19.3 Å². The number of carboxylic acids is 1. The first-order valence-electron chi connectivity index (χ1n) is 6.99. The molecule has 1 aromatic rings. The number of benzene rings is 1. The number of hydrogen-bond donors (Lipinski definition) is 2. The number of nitrogens with zero attached hydrogens (tertiary/aromatic N) is 1. The van der Waals surface area contributed by atoms with Crippen molar-refractivity contribution >= 4 is 21.9 Å². The number of likely N-dealkylation sites (tertiary alicyclic amines) is 1. The third-order valence-electron chi connectivity index (χ3n) is 3.54. The quantitative estimate of drug-likeness (QED) is 0.789. The summed E-state index contributed by atoms with van der Waals surface area (Å²) < 4.78 is 26.3. The maximum Gasteiger partial charge on any atom is 0.326 e. The van der Waals surface area contributed by atoms with Crippen molar-refractivity contribution in [2.24, 2.45) is 0 Å². The summed E-state index contributed by atoms with van der Waals surface area (Å²) in [6.45, 7) is 0.347. The van der Waals surface area contributed by atoms with E-state index in [0.717, 1.165) is 0 Å². The van der Waals surface area contributed by atoms with Gasteiger partial charge in [-0.1, -0.05) is 18.2 Å². The molecular formula is C14H18N2O5S. The van der Waals surface area contributed by atoms with Crippen molar-refractivity contribution in [2.45, 2.75) is 30.2 Å². The molecular weight excluding hydrogens is 308 g/mol. The van der Waals surface area contributed by atoms with Gasteiger partial charge in [-0.25, -0.2) is 17.9 Å². The largest absolute Gasteiger partial charge is 0.480 e. The van der Waals surface area contributed by atoms with Gasteiger partial charge in [-0.15, -0.1) is 0 Å². The van der Waals surface area contributed by atoms with E-state index in [2.05, 4.69) is 4.72 Å². The highest BCUT2D eigenvalue weighted by Crippen LogP contribution is 2.18. The number of nitrogens with one attached hydrogen (secondary N) is 1. The van der Waals surface area contributed by atoms with Crippen LogP contribution in [0.2, 0.25) is 0 Å². The number of carbonyl (C=O) groups is 2. The summed E-state index contributed by atoms with van der Waals surface area (Å²) in [5.41, 5.74) is 0. The first kappa shape index (κ1) is 16.4. The van der Waals surface area contributed by atoms with Gasteiger partial charge >= 0.3 is 5.97 Å². The van der Waals surface area contributed by atoms with Crippen molar-refractivity contribution in [3.63, 3.8) is 0 Å². The highest BCUT2D eigenvalue weighted by molar-refractivity contribution is 7.89. The van der Waals surface area contributed by atoms with Gasteiger partial charge in [-0.05, 0) is 25.0 Å². The molecule has 1 aliphatic rings. The molecule has 0 aliphatic carbocycles. The molecule has 2 N–H and O–H groups in total. The molecule has 2 rings (SSSR count). The molecule has 0 aromatic heterocycles. The van der Waals surface area contributed by atoms with E-state index in [4.69, 9.17) is 5.11 Å². The number of carboxylic acid groups (broad SMARTS) is 1. The van der Waals surface area contributed by atoms with Crippen LogP contribution in [0.25, 0.3) is 0 Å². The number of amides is 1. The molecule has 1 heterocycles. The van der Waals surface area contributed by atoms with E-state index >= 15 is 0 Å². The second kappa shape index (κ2) is 6.89. The van der Waals surface area contributed by atoms with Gasteiger partial charge in [0.15, 0.2) is 0 Å². The Morgan fingerprint density at radius 1 is 1.27 bits per heavy atom. The molecule has 1 saturated heterocycles. The van der Waals surface area contributed by atoms with Crippen molar-refractivity contribution in [1.82, 2.24) is 9.62 Å². The van der Waals surface area contributed by atoms with Crippen molar-refractivity contribution in [3.05, 3.63) is 30.3 Å². The van der Waals surface area contributed by atoms with Gasteiger partial charge in [0.05, 0.1) is 4.90 Å². The van der Waals surface area contributed by atoms with E-state index in [1.165, 1.54) is 17.0 Å². The maximum atomic E-state index is 12.0. The molecule has 1 aliphatic heterocycles. The summed E-state index contributed by atoms with van der Waals surface area (Å²) in [4.78, 5) is 24.5. The summed E-state index contributed by atoms with van der Waals surface area (Å²) in [7, 11) is -3.65. The van der Waals surface area contributed by atoms with Crippen LogP contribution in [0.4, 0.5) is 0 Å². The van der Waals surface area contributed by atoms with E-state index in [-0.39, 0.29) is 23.8 Å². The Morgan fingerprint density at radius 2 is 1.95 bits per heavy atom. The fraction of sp³-hybridized carbons (Fsp3) is 0.429. The van der Waals surface area contributed by atoms with Gasteiger partial charge < -0.3 is 10.0 Å². The van der Waals surface area contributed by atoms with Crippen molar-refractivity contribution in [3.8, 4) is 0 Å². The molecule has 1 atom stereocenters. The smallest absolute Gasteiger partial charge is 0.326 e. The third-order valence-corrected chi connectivity index (χ3v) is 5.02. The standard InChI is InChI=1S/C14H18N2O5S/c17-13(16-10-4-7-12(16)14(18)19)8-9-15-22(20,21)11-5-2-1-3-6-11/h1-3,5-6,12,15H,4,7-10H2,(H,18,19)/t12-/m1/s1. The minimum atomic E-state index is -3.65. The zero-order chi connectivity index (χ0) is 16.2. The second-order valence-corrected chi connectivity index (χ2v) is 6.81. The van der Waals surface area contributed by atoms with Crippen LogP contribution < -0.4 is 4.72 Å².